The fourth-order valence-electron chi connectivity index (χ4n) is 7.42. The molecule has 6 N–H and O–H groups in total. The molecular weight excluding hydrogens is 824 g/mol. The molecule has 1 aliphatic rings. The SMILES string of the molecule is CCCCC/C=C\C/C=C\CCCCCCCCCCCCOCC(COP(=O)(O)OC1C(O)C(O)C(O)C(O)C1O)OC(=O)CCCCCCC/C=C\C/C=C\CCCCCC. The predicted octanol–water partition coefficient (Wildman–Crippen LogP) is 10.8. The summed E-state index contributed by atoms with van der Waals surface area (Å²) in [6.45, 7) is 4.21. The minimum atomic E-state index is -5.03. The Kier molecular flexibility index (Phi) is 38.2. The largest absolute Gasteiger partial charge is 0.472 e. The summed E-state index contributed by atoms with van der Waals surface area (Å²) in [6.07, 6.45) is 37.4. The van der Waals surface area contributed by atoms with Crippen molar-refractivity contribution in [1.29, 1.82) is 0 Å². The van der Waals surface area contributed by atoms with Crippen molar-refractivity contribution < 1.29 is 58.3 Å². The number of rotatable bonds is 42. The number of phosphoric ester groups is 1. The van der Waals surface area contributed by atoms with E-state index in [4.69, 9.17) is 18.5 Å². The van der Waals surface area contributed by atoms with Gasteiger partial charge in [-0.2, -0.15) is 0 Å². The third kappa shape index (κ3) is 32.6. The molecule has 13 heteroatoms. The minimum Gasteiger partial charge on any atom is -0.457 e. The first kappa shape index (κ1) is 59.3. The lowest BCUT2D eigenvalue weighted by Crippen LogP contribution is -2.64. The van der Waals surface area contributed by atoms with Gasteiger partial charge in [-0.1, -0.05) is 165 Å². The highest BCUT2D eigenvalue weighted by atomic mass is 31.2. The van der Waals surface area contributed by atoms with Crippen LogP contribution in [0.4, 0.5) is 0 Å². The molecule has 1 saturated carbocycles. The molecule has 0 aliphatic heterocycles. The molecule has 0 aromatic rings. The van der Waals surface area contributed by atoms with E-state index in [1.54, 1.807) is 0 Å². The van der Waals surface area contributed by atoms with Crippen molar-refractivity contribution in [1.82, 2.24) is 0 Å². The number of carbonyl (C=O) groups is 1. The van der Waals surface area contributed by atoms with E-state index in [1.807, 2.05) is 0 Å². The second kappa shape index (κ2) is 40.6. The third-order valence-electron chi connectivity index (χ3n) is 11.4. The highest BCUT2D eigenvalue weighted by molar-refractivity contribution is 7.47. The summed E-state index contributed by atoms with van der Waals surface area (Å²) in [4.78, 5) is 23.2. The van der Waals surface area contributed by atoms with Crippen molar-refractivity contribution in [2.45, 2.75) is 243 Å². The number of unbranched alkanes of at least 4 members (excludes halogenated alkanes) is 22. The highest BCUT2D eigenvalue weighted by Crippen LogP contribution is 2.47. The van der Waals surface area contributed by atoms with Crippen LogP contribution in [0.3, 0.4) is 0 Å². The quantitative estimate of drug-likeness (QED) is 0.0147. The Labute approximate surface area is 382 Å². The molecule has 12 nitrogen and oxygen atoms in total. The van der Waals surface area contributed by atoms with Gasteiger partial charge in [-0.3, -0.25) is 13.8 Å². The van der Waals surface area contributed by atoms with E-state index in [-0.39, 0.29) is 13.0 Å². The van der Waals surface area contributed by atoms with Gasteiger partial charge in [0.25, 0.3) is 0 Å². The molecule has 0 aromatic heterocycles. The summed E-state index contributed by atoms with van der Waals surface area (Å²) in [5.41, 5.74) is 0. The van der Waals surface area contributed by atoms with Crippen LogP contribution >= 0.6 is 7.82 Å². The highest BCUT2D eigenvalue weighted by Gasteiger charge is 2.51. The second-order valence-corrected chi connectivity index (χ2v) is 18.7. The number of hydrogen-bond acceptors (Lipinski definition) is 11. The zero-order chi connectivity index (χ0) is 46.2. The van der Waals surface area contributed by atoms with Gasteiger partial charge < -0.3 is 39.9 Å². The molecule has 368 valence electrons. The lowest BCUT2D eigenvalue weighted by Gasteiger charge is -2.41. The summed E-state index contributed by atoms with van der Waals surface area (Å²) in [5, 5.41) is 50.3. The van der Waals surface area contributed by atoms with Crippen LogP contribution < -0.4 is 0 Å². The van der Waals surface area contributed by atoms with Crippen LogP contribution in [0.15, 0.2) is 48.6 Å². The molecule has 1 fully saturated rings. The van der Waals surface area contributed by atoms with Gasteiger partial charge in [-0.05, 0) is 77.0 Å². The van der Waals surface area contributed by atoms with Gasteiger partial charge in [0.15, 0.2) is 0 Å². The first-order valence-corrected chi connectivity index (χ1v) is 26.5. The maximum absolute atomic E-state index is 12.8. The molecule has 0 heterocycles. The molecule has 0 bridgehead atoms. The average Bonchev–Trinajstić information content (AvgIpc) is 3.27. The monoisotopic (exact) mass is 915 g/mol. The van der Waals surface area contributed by atoms with E-state index in [0.717, 1.165) is 77.0 Å². The number of ether oxygens (including phenoxy) is 2. The summed E-state index contributed by atoms with van der Waals surface area (Å²) in [5.74, 6) is -0.492. The Bertz CT molecular complexity index is 1230. The Morgan fingerprint density at radius 1 is 0.508 bits per heavy atom. The van der Waals surface area contributed by atoms with E-state index in [1.165, 1.54) is 96.3 Å². The van der Waals surface area contributed by atoms with Gasteiger partial charge in [-0.25, -0.2) is 4.57 Å². The van der Waals surface area contributed by atoms with Gasteiger partial charge in [-0.15, -0.1) is 0 Å². The average molecular weight is 915 g/mol. The Hall–Kier alpha value is -1.70. The Morgan fingerprint density at radius 3 is 1.37 bits per heavy atom. The molecule has 0 amide bonds. The number of aliphatic hydroxyl groups excluding tert-OH is 5. The smallest absolute Gasteiger partial charge is 0.457 e. The summed E-state index contributed by atoms with van der Waals surface area (Å²) in [6, 6.07) is 0. The first-order chi connectivity index (χ1) is 30.5. The van der Waals surface area contributed by atoms with Crippen molar-refractivity contribution in [2.75, 3.05) is 19.8 Å². The standard InChI is InChI=1S/C50H91O12P/c1-3-5-7-9-11-13-15-17-19-21-22-23-24-26-28-30-32-34-36-38-40-59-41-43(42-60-63(57,58)62-50-48(55)46(53)45(52)47(54)49(50)56)61-44(51)39-37-35-33-31-29-27-25-20-18-16-14-12-10-8-6-4-2/h11,13-14,16-17,19-20,25,43,45-50,52-56H,3-10,12,15,18,21-24,26-42H2,1-2H3,(H,57,58)/b13-11-,16-14-,19-17-,25-20-. The lowest BCUT2D eigenvalue weighted by atomic mass is 9.85. The van der Waals surface area contributed by atoms with Crippen LogP contribution in [-0.4, -0.2) is 98.9 Å². The fourth-order valence-corrected chi connectivity index (χ4v) is 8.39. The van der Waals surface area contributed by atoms with Gasteiger partial charge in [0.05, 0.1) is 13.2 Å². The van der Waals surface area contributed by atoms with E-state index >= 15 is 0 Å². The maximum atomic E-state index is 12.8. The number of allylic oxidation sites excluding steroid dienone is 8. The number of aliphatic hydroxyl groups is 5. The van der Waals surface area contributed by atoms with Crippen molar-refractivity contribution in [3.8, 4) is 0 Å². The molecule has 0 radical (unpaired) electrons. The lowest BCUT2D eigenvalue weighted by molar-refractivity contribution is -0.220. The number of carbonyl (C=O) groups excluding carboxylic acids is 1. The van der Waals surface area contributed by atoms with Gasteiger partial charge in [0, 0.05) is 13.0 Å². The van der Waals surface area contributed by atoms with Crippen molar-refractivity contribution in [2.24, 2.45) is 0 Å². The van der Waals surface area contributed by atoms with E-state index in [2.05, 4.69) is 62.5 Å². The molecule has 0 saturated heterocycles. The molecule has 0 spiro atoms. The summed E-state index contributed by atoms with van der Waals surface area (Å²) >= 11 is 0. The minimum absolute atomic E-state index is 0.0850. The molecule has 6 unspecified atom stereocenters. The predicted molar refractivity (Wildman–Crippen MR) is 253 cm³/mol. The molecule has 63 heavy (non-hydrogen) atoms. The van der Waals surface area contributed by atoms with Crippen molar-refractivity contribution in [3.05, 3.63) is 48.6 Å². The van der Waals surface area contributed by atoms with E-state index in [0.29, 0.717) is 13.0 Å². The van der Waals surface area contributed by atoms with E-state index < -0.39 is 63.1 Å². The molecule has 0 aromatic carbocycles. The van der Waals surface area contributed by atoms with Crippen LogP contribution in [0.2, 0.25) is 0 Å². The van der Waals surface area contributed by atoms with Gasteiger partial charge in [0.1, 0.15) is 42.7 Å². The number of phosphoric acid groups is 1. The third-order valence-corrected chi connectivity index (χ3v) is 12.4. The number of hydrogen-bond donors (Lipinski definition) is 6. The topological polar surface area (TPSA) is 192 Å². The van der Waals surface area contributed by atoms with Crippen LogP contribution in [-0.2, 0) is 27.9 Å². The first-order valence-electron chi connectivity index (χ1n) is 25.0. The molecule has 1 rings (SSSR count). The van der Waals surface area contributed by atoms with Gasteiger partial charge in [0.2, 0.25) is 0 Å². The maximum Gasteiger partial charge on any atom is 0.472 e. The number of esters is 1. The van der Waals surface area contributed by atoms with Gasteiger partial charge >= 0.3 is 13.8 Å². The zero-order valence-electron chi connectivity index (χ0n) is 39.4. The van der Waals surface area contributed by atoms with Crippen LogP contribution in [0.5, 0.6) is 0 Å². The summed E-state index contributed by atoms with van der Waals surface area (Å²) in [7, 11) is -5.03. The molecule has 6 atom stereocenters. The van der Waals surface area contributed by atoms with Crippen LogP contribution in [0, 0.1) is 0 Å². The van der Waals surface area contributed by atoms with Crippen LogP contribution in [0.1, 0.15) is 200 Å². The van der Waals surface area contributed by atoms with Crippen LogP contribution in [0.25, 0.3) is 0 Å². The second-order valence-electron chi connectivity index (χ2n) is 17.3. The molecular formula is C50H91O12P. The van der Waals surface area contributed by atoms with Crippen molar-refractivity contribution in [3.63, 3.8) is 0 Å². The molecule has 1 aliphatic carbocycles. The fraction of sp³-hybridized carbons (Fsp3) is 0.820. The normalized spacial score (nSPS) is 22.2. The Balaban J connectivity index is 2.36. The Morgan fingerprint density at radius 2 is 0.889 bits per heavy atom. The van der Waals surface area contributed by atoms with Crippen molar-refractivity contribution >= 4 is 13.8 Å². The summed E-state index contributed by atoms with van der Waals surface area (Å²) < 4.78 is 34.2. The zero-order valence-corrected chi connectivity index (χ0v) is 40.3. The van der Waals surface area contributed by atoms with E-state index in [9.17, 15) is 39.8 Å².